The number of benzene rings is 2. The fourth-order valence-corrected chi connectivity index (χ4v) is 2.00. The second kappa shape index (κ2) is 7.17. The van der Waals surface area contributed by atoms with Gasteiger partial charge < -0.3 is 15.7 Å². The molecule has 2 amide bonds. The third-order valence-corrected chi connectivity index (χ3v) is 3.49. The average molecular weight is 340 g/mol. The van der Waals surface area contributed by atoms with Crippen LogP contribution in [0.4, 0.5) is 11.4 Å². The summed E-state index contributed by atoms with van der Waals surface area (Å²) in [5.41, 5.74) is 0.669. The summed E-state index contributed by atoms with van der Waals surface area (Å²) in [4.78, 5) is 35.4. The van der Waals surface area contributed by atoms with Crippen molar-refractivity contribution in [2.75, 3.05) is 10.6 Å². The number of hydrogen-bond acceptors (Lipinski definition) is 3. The van der Waals surface area contributed by atoms with Gasteiger partial charge in [-0.05, 0) is 36.4 Å². The molecule has 25 heavy (non-hydrogen) atoms. The Morgan fingerprint density at radius 3 is 2.04 bits per heavy atom. The van der Waals surface area contributed by atoms with Crippen LogP contribution < -0.4 is 10.6 Å². The van der Waals surface area contributed by atoms with Gasteiger partial charge in [-0.15, -0.1) is 0 Å². The zero-order valence-corrected chi connectivity index (χ0v) is 14.3. The summed E-state index contributed by atoms with van der Waals surface area (Å²) < 4.78 is 0. The van der Waals surface area contributed by atoms with Crippen molar-refractivity contribution in [1.29, 1.82) is 0 Å². The summed E-state index contributed by atoms with van der Waals surface area (Å²) in [6, 6.07) is 12.6. The highest BCUT2D eigenvalue weighted by Gasteiger charge is 2.21. The van der Waals surface area contributed by atoms with Gasteiger partial charge in [0.25, 0.3) is 5.91 Å². The quantitative estimate of drug-likeness (QED) is 0.792. The van der Waals surface area contributed by atoms with E-state index in [0.29, 0.717) is 11.3 Å². The van der Waals surface area contributed by atoms with Gasteiger partial charge >= 0.3 is 5.97 Å². The lowest BCUT2D eigenvalue weighted by Crippen LogP contribution is -2.27. The van der Waals surface area contributed by atoms with E-state index in [-0.39, 0.29) is 17.2 Å². The molecule has 6 nitrogen and oxygen atoms in total. The Labute approximate surface area is 145 Å². The van der Waals surface area contributed by atoms with E-state index in [1.54, 1.807) is 36.4 Å². The lowest BCUT2D eigenvalue weighted by molar-refractivity contribution is -0.123. The summed E-state index contributed by atoms with van der Waals surface area (Å²) in [6.45, 7) is 5.43. The van der Waals surface area contributed by atoms with Crippen molar-refractivity contribution in [3.8, 4) is 0 Å². The van der Waals surface area contributed by atoms with Crippen molar-refractivity contribution < 1.29 is 19.5 Å². The molecular weight excluding hydrogens is 320 g/mol. The van der Waals surface area contributed by atoms with Crippen molar-refractivity contribution in [2.45, 2.75) is 20.8 Å². The van der Waals surface area contributed by atoms with Crippen molar-refractivity contribution in [3.05, 3.63) is 59.7 Å². The fourth-order valence-electron chi connectivity index (χ4n) is 2.00. The number of carboxylic acids is 1. The molecule has 0 aliphatic carbocycles. The molecule has 0 unspecified atom stereocenters. The Bertz CT molecular complexity index is 805. The van der Waals surface area contributed by atoms with Crippen molar-refractivity contribution >= 4 is 29.2 Å². The Hall–Kier alpha value is -3.15. The Morgan fingerprint density at radius 2 is 1.48 bits per heavy atom. The highest BCUT2D eigenvalue weighted by molar-refractivity contribution is 6.08. The molecule has 6 heteroatoms. The fraction of sp³-hybridized carbons (Fsp3) is 0.211. The molecule has 0 aliphatic rings. The first-order valence-electron chi connectivity index (χ1n) is 7.73. The van der Waals surface area contributed by atoms with Gasteiger partial charge in [0.05, 0.1) is 11.3 Å². The molecule has 3 N–H and O–H groups in total. The summed E-state index contributed by atoms with van der Waals surface area (Å²) in [6.07, 6.45) is 0. The van der Waals surface area contributed by atoms with Crippen LogP contribution in [-0.4, -0.2) is 22.9 Å². The van der Waals surface area contributed by atoms with Crippen LogP contribution >= 0.6 is 0 Å². The minimum atomic E-state index is -1.11. The first kappa shape index (κ1) is 18.2. The lowest BCUT2D eigenvalue weighted by atomic mass is 9.95. The number of aromatic carboxylic acids is 1. The van der Waals surface area contributed by atoms with E-state index < -0.39 is 17.3 Å². The smallest absolute Gasteiger partial charge is 0.337 e. The predicted octanol–water partition coefficient (Wildman–Crippen LogP) is 3.62. The first-order valence-corrected chi connectivity index (χ1v) is 7.73. The van der Waals surface area contributed by atoms with Gasteiger partial charge in [-0.1, -0.05) is 32.9 Å². The minimum absolute atomic E-state index is 0.0184. The van der Waals surface area contributed by atoms with Crippen molar-refractivity contribution in [2.24, 2.45) is 5.41 Å². The van der Waals surface area contributed by atoms with Crippen LogP contribution in [0.5, 0.6) is 0 Å². The van der Waals surface area contributed by atoms with Crippen LogP contribution in [0.15, 0.2) is 48.5 Å². The highest BCUT2D eigenvalue weighted by Crippen LogP contribution is 2.19. The number of hydrogen-bond donors (Lipinski definition) is 3. The van der Waals surface area contributed by atoms with Gasteiger partial charge in [-0.2, -0.15) is 0 Å². The monoisotopic (exact) mass is 340 g/mol. The lowest BCUT2D eigenvalue weighted by Gasteiger charge is -2.17. The van der Waals surface area contributed by atoms with Gasteiger partial charge in [-0.25, -0.2) is 4.79 Å². The molecule has 0 heterocycles. The van der Waals surface area contributed by atoms with Gasteiger partial charge in [0.15, 0.2) is 0 Å². The zero-order chi connectivity index (χ0) is 18.6. The van der Waals surface area contributed by atoms with Crippen LogP contribution in [0, 0.1) is 5.41 Å². The zero-order valence-electron chi connectivity index (χ0n) is 14.3. The average Bonchev–Trinajstić information content (AvgIpc) is 2.54. The molecule has 0 saturated heterocycles. The second-order valence-corrected chi connectivity index (χ2v) is 6.59. The standard InChI is InChI=1S/C19H20N2O4/c1-19(2,3)18(25)20-13-10-8-12(9-11-13)16(22)21-15-7-5-4-6-14(15)17(23)24/h4-11H,1-3H3,(H,20,25)(H,21,22)(H,23,24). The van der Waals surface area contributed by atoms with E-state index in [9.17, 15) is 14.4 Å². The third-order valence-electron chi connectivity index (χ3n) is 3.49. The maximum atomic E-state index is 12.3. The van der Waals surface area contributed by atoms with Crippen LogP contribution in [0.3, 0.4) is 0 Å². The number of nitrogens with one attached hydrogen (secondary N) is 2. The second-order valence-electron chi connectivity index (χ2n) is 6.59. The molecule has 0 aliphatic heterocycles. The van der Waals surface area contributed by atoms with E-state index in [1.165, 1.54) is 12.1 Å². The number of carboxylic acid groups (broad SMARTS) is 1. The molecule has 0 saturated carbocycles. The van der Waals surface area contributed by atoms with Crippen LogP contribution in [-0.2, 0) is 4.79 Å². The van der Waals surface area contributed by atoms with Gasteiger partial charge in [0.2, 0.25) is 5.91 Å². The van der Waals surface area contributed by atoms with Crippen LogP contribution in [0.25, 0.3) is 0 Å². The summed E-state index contributed by atoms with van der Waals surface area (Å²) in [5, 5.41) is 14.5. The Balaban J connectivity index is 2.11. The molecule has 2 rings (SSSR count). The van der Waals surface area contributed by atoms with Gasteiger partial charge in [0, 0.05) is 16.7 Å². The number of carbonyl (C=O) groups excluding carboxylic acids is 2. The van der Waals surface area contributed by atoms with E-state index in [1.807, 2.05) is 20.8 Å². The maximum Gasteiger partial charge on any atom is 0.337 e. The van der Waals surface area contributed by atoms with Crippen molar-refractivity contribution in [1.82, 2.24) is 0 Å². The van der Waals surface area contributed by atoms with Crippen molar-refractivity contribution in [3.63, 3.8) is 0 Å². The Kier molecular flexibility index (Phi) is 5.22. The highest BCUT2D eigenvalue weighted by atomic mass is 16.4. The molecular formula is C19H20N2O4. The van der Waals surface area contributed by atoms with E-state index in [2.05, 4.69) is 10.6 Å². The largest absolute Gasteiger partial charge is 0.478 e. The van der Waals surface area contributed by atoms with E-state index in [0.717, 1.165) is 0 Å². The Morgan fingerprint density at radius 1 is 0.880 bits per heavy atom. The number of para-hydroxylation sites is 1. The maximum absolute atomic E-state index is 12.3. The van der Waals surface area contributed by atoms with Crippen LogP contribution in [0.2, 0.25) is 0 Å². The summed E-state index contributed by atoms with van der Waals surface area (Å²) in [5.74, 6) is -1.67. The molecule has 0 spiro atoms. The van der Waals surface area contributed by atoms with Gasteiger partial charge in [0.1, 0.15) is 0 Å². The normalized spacial score (nSPS) is 10.8. The summed E-state index contributed by atoms with van der Waals surface area (Å²) in [7, 11) is 0. The molecule has 0 radical (unpaired) electrons. The molecule has 0 fully saturated rings. The van der Waals surface area contributed by atoms with Gasteiger partial charge in [-0.3, -0.25) is 9.59 Å². The number of anilines is 2. The van der Waals surface area contributed by atoms with Crippen LogP contribution in [0.1, 0.15) is 41.5 Å². The number of amides is 2. The summed E-state index contributed by atoms with van der Waals surface area (Å²) >= 11 is 0. The molecule has 2 aromatic rings. The third kappa shape index (κ3) is 4.67. The molecule has 0 bridgehead atoms. The number of carbonyl (C=O) groups is 3. The molecule has 2 aromatic carbocycles. The molecule has 0 atom stereocenters. The van der Waals surface area contributed by atoms with E-state index in [4.69, 9.17) is 5.11 Å². The topological polar surface area (TPSA) is 95.5 Å². The molecule has 130 valence electrons. The first-order chi connectivity index (χ1) is 11.7. The predicted molar refractivity (Wildman–Crippen MR) is 95.9 cm³/mol. The molecule has 0 aromatic heterocycles. The van der Waals surface area contributed by atoms with E-state index >= 15 is 0 Å². The SMILES string of the molecule is CC(C)(C)C(=O)Nc1ccc(C(=O)Nc2ccccc2C(=O)O)cc1. The minimum Gasteiger partial charge on any atom is -0.478 e. The number of rotatable bonds is 4.